The topological polar surface area (TPSA) is 36.1 Å². The number of aromatic nitrogens is 1. The summed E-state index contributed by atoms with van der Waals surface area (Å²) >= 11 is 0. The molecule has 0 radical (unpaired) electrons. The summed E-state index contributed by atoms with van der Waals surface area (Å²) in [6.07, 6.45) is 9.95. The van der Waals surface area contributed by atoms with Crippen molar-refractivity contribution in [1.82, 2.24) is 9.88 Å². The minimum absolute atomic E-state index is 0.0334. The SMILES string of the molecule is O=C1c2ccccc2C(c2c[nH]c3ccccc23)N1C12CC3CC(CC(C3)C1)C2. The maximum Gasteiger partial charge on any atom is 0.255 e. The third kappa shape index (κ3) is 2.11. The molecule has 4 aliphatic carbocycles. The number of benzene rings is 2. The van der Waals surface area contributed by atoms with Gasteiger partial charge in [0.15, 0.2) is 0 Å². The van der Waals surface area contributed by atoms with Gasteiger partial charge in [-0.2, -0.15) is 0 Å². The smallest absolute Gasteiger partial charge is 0.255 e. The molecule has 1 aromatic heterocycles. The Bertz CT molecular complexity index is 1110. The maximum absolute atomic E-state index is 13.9. The molecule has 3 aromatic rings. The molecule has 8 rings (SSSR count). The van der Waals surface area contributed by atoms with Crippen LogP contribution >= 0.6 is 0 Å². The van der Waals surface area contributed by atoms with Crippen molar-refractivity contribution in [2.45, 2.75) is 50.1 Å². The second-order valence-electron chi connectivity index (χ2n) is 10.1. The molecule has 4 fully saturated rings. The van der Waals surface area contributed by atoms with Crippen LogP contribution in [0.2, 0.25) is 0 Å². The van der Waals surface area contributed by atoms with Crippen LogP contribution < -0.4 is 0 Å². The number of fused-ring (bicyclic) bond motifs is 2. The third-order valence-electron chi connectivity index (χ3n) is 8.40. The summed E-state index contributed by atoms with van der Waals surface area (Å²) in [5.41, 5.74) is 4.57. The molecule has 29 heavy (non-hydrogen) atoms. The molecular formula is C26H26N2O. The zero-order valence-corrected chi connectivity index (χ0v) is 16.6. The van der Waals surface area contributed by atoms with E-state index in [9.17, 15) is 4.79 Å². The third-order valence-corrected chi connectivity index (χ3v) is 8.40. The fraction of sp³-hybridized carbons (Fsp3) is 0.423. The van der Waals surface area contributed by atoms with Crippen molar-refractivity contribution in [3.8, 4) is 0 Å². The van der Waals surface area contributed by atoms with E-state index in [1.807, 2.05) is 12.1 Å². The summed E-state index contributed by atoms with van der Waals surface area (Å²) in [5.74, 6) is 2.72. The highest BCUT2D eigenvalue weighted by molar-refractivity contribution is 6.01. The summed E-state index contributed by atoms with van der Waals surface area (Å²) < 4.78 is 0. The van der Waals surface area contributed by atoms with Gasteiger partial charge in [-0.25, -0.2) is 0 Å². The molecule has 1 aliphatic heterocycles. The number of para-hydroxylation sites is 1. The first-order valence-corrected chi connectivity index (χ1v) is 11.2. The monoisotopic (exact) mass is 382 g/mol. The van der Waals surface area contributed by atoms with Crippen molar-refractivity contribution < 1.29 is 4.79 Å². The highest BCUT2D eigenvalue weighted by Crippen LogP contribution is 2.61. The number of carbonyl (C=O) groups is 1. The summed E-state index contributed by atoms with van der Waals surface area (Å²) in [4.78, 5) is 19.7. The van der Waals surface area contributed by atoms with Crippen LogP contribution in [-0.4, -0.2) is 21.3 Å². The summed E-state index contributed by atoms with van der Waals surface area (Å²) in [7, 11) is 0. The Morgan fingerprint density at radius 3 is 2.24 bits per heavy atom. The van der Waals surface area contributed by atoms with Crippen molar-refractivity contribution in [3.05, 3.63) is 71.4 Å². The molecule has 2 aromatic carbocycles. The number of hydrogen-bond acceptors (Lipinski definition) is 1. The second kappa shape index (κ2) is 5.53. The number of amides is 1. The van der Waals surface area contributed by atoms with Gasteiger partial charge in [0.1, 0.15) is 0 Å². The van der Waals surface area contributed by atoms with E-state index in [2.05, 4.69) is 52.5 Å². The summed E-state index contributed by atoms with van der Waals surface area (Å²) in [6.45, 7) is 0. The molecule has 1 unspecified atom stereocenters. The predicted octanol–water partition coefficient (Wildman–Crippen LogP) is 5.68. The maximum atomic E-state index is 13.9. The normalized spacial score (nSPS) is 34.9. The Labute approximate surface area is 171 Å². The average Bonchev–Trinajstić information content (AvgIpc) is 3.26. The van der Waals surface area contributed by atoms with E-state index in [1.54, 1.807) is 0 Å². The lowest BCUT2D eigenvalue weighted by atomic mass is 9.52. The predicted molar refractivity (Wildman–Crippen MR) is 114 cm³/mol. The zero-order chi connectivity index (χ0) is 19.2. The van der Waals surface area contributed by atoms with Gasteiger partial charge in [0, 0.05) is 33.8 Å². The van der Waals surface area contributed by atoms with Gasteiger partial charge >= 0.3 is 0 Å². The fourth-order valence-corrected chi connectivity index (χ4v) is 7.79. The number of nitrogens with one attached hydrogen (secondary N) is 1. The molecule has 2 heterocycles. The minimum Gasteiger partial charge on any atom is -0.361 e. The molecule has 4 saturated carbocycles. The van der Waals surface area contributed by atoms with E-state index in [0.717, 1.165) is 28.8 Å². The molecule has 3 heteroatoms. The highest BCUT2D eigenvalue weighted by Gasteiger charge is 2.58. The molecule has 0 saturated heterocycles. The fourth-order valence-electron chi connectivity index (χ4n) is 7.79. The Hall–Kier alpha value is -2.55. The van der Waals surface area contributed by atoms with Crippen LogP contribution in [-0.2, 0) is 0 Å². The molecule has 4 bridgehead atoms. The largest absolute Gasteiger partial charge is 0.361 e. The zero-order valence-electron chi connectivity index (χ0n) is 16.6. The standard InChI is InChI=1S/C26H26N2O/c29-25-21-7-2-1-6-20(21)24(22-15-27-23-8-4-3-5-19(22)23)28(25)26-12-16-9-17(13-26)11-18(10-16)14-26/h1-8,15-18,24,27H,9-14H2. The number of carbonyl (C=O) groups excluding carboxylic acids is 1. The van der Waals surface area contributed by atoms with Crippen molar-refractivity contribution in [3.63, 3.8) is 0 Å². The second-order valence-corrected chi connectivity index (χ2v) is 10.1. The Balaban J connectivity index is 1.44. The summed E-state index contributed by atoms with van der Waals surface area (Å²) in [6, 6.07) is 16.9. The minimum atomic E-state index is 0.0334. The lowest BCUT2D eigenvalue weighted by molar-refractivity contribution is -0.0806. The van der Waals surface area contributed by atoms with E-state index in [-0.39, 0.29) is 17.5 Å². The first kappa shape index (κ1) is 16.3. The molecule has 0 spiro atoms. The average molecular weight is 383 g/mol. The van der Waals surface area contributed by atoms with Crippen LogP contribution in [0.3, 0.4) is 0 Å². The number of H-pyrrole nitrogens is 1. The van der Waals surface area contributed by atoms with Gasteiger partial charge in [-0.1, -0.05) is 36.4 Å². The summed E-state index contributed by atoms with van der Waals surface area (Å²) in [5, 5.41) is 1.25. The highest BCUT2D eigenvalue weighted by atomic mass is 16.2. The van der Waals surface area contributed by atoms with Gasteiger partial charge in [0.25, 0.3) is 5.91 Å². The van der Waals surface area contributed by atoms with E-state index >= 15 is 0 Å². The van der Waals surface area contributed by atoms with Gasteiger partial charge in [-0.3, -0.25) is 4.79 Å². The lowest BCUT2D eigenvalue weighted by Gasteiger charge is -2.60. The van der Waals surface area contributed by atoms with Gasteiger partial charge < -0.3 is 9.88 Å². The molecule has 146 valence electrons. The molecule has 5 aliphatic rings. The quantitative estimate of drug-likeness (QED) is 0.608. The van der Waals surface area contributed by atoms with Crippen LogP contribution in [0.15, 0.2) is 54.7 Å². The Morgan fingerprint density at radius 1 is 0.828 bits per heavy atom. The van der Waals surface area contributed by atoms with Crippen LogP contribution in [0, 0.1) is 17.8 Å². The number of aromatic amines is 1. The molecule has 1 N–H and O–H groups in total. The number of hydrogen-bond donors (Lipinski definition) is 1. The van der Waals surface area contributed by atoms with Gasteiger partial charge in [0.2, 0.25) is 0 Å². The Morgan fingerprint density at radius 2 is 1.48 bits per heavy atom. The first-order chi connectivity index (χ1) is 14.2. The van der Waals surface area contributed by atoms with Crippen LogP contribution in [0.25, 0.3) is 10.9 Å². The van der Waals surface area contributed by atoms with Crippen molar-refractivity contribution in [2.75, 3.05) is 0 Å². The van der Waals surface area contributed by atoms with Gasteiger partial charge in [0.05, 0.1) is 6.04 Å². The van der Waals surface area contributed by atoms with Crippen molar-refractivity contribution in [1.29, 1.82) is 0 Å². The van der Waals surface area contributed by atoms with E-state index in [1.165, 1.54) is 55.0 Å². The van der Waals surface area contributed by atoms with Crippen molar-refractivity contribution in [2.24, 2.45) is 17.8 Å². The molecular weight excluding hydrogens is 356 g/mol. The van der Waals surface area contributed by atoms with Crippen LogP contribution in [0.4, 0.5) is 0 Å². The van der Waals surface area contributed by atoms with Crippen LogP contribution in [0.1, 0.15) is 66.1 Å². The Kier molecular flexibility index (Phi) is 3.10. The van der Waals surface area contributed by atoms with Gasteiger partial charge in [-0.15, -0.1) is 0 Å². The molecule has 3 nitrogen and oxygen atoms in total. The van der Waals surface area contributed by atoms with E-state index in [0.29, 0.717) is 0 Å². The van der Waals surface area contributed by atoms with Crippen molar-refractivity contribution >= 4 is 16.8 Å². The number of rotatable bonds is 2. The van der Waals surface area contributed by atoms with E-state index in [4.69, 9.17) is 0 Å². The first-order valence-electron chi connectivity index (χ1n) is 11.2. The molecule has 1 amide bonds. The molecule has 1 atom stereocenters. The lowest BCUT2D eigenvalue weighted by Crippen LogP contribution is -2.60. The van der Waals surface area contributed by atoms with E-state index < -0.39 is 0 Å². The number of nitrogens with zero attached hydrogens (tertiary/aromatic N) is 1. The van der Waals surface area contributed by atoms with Gasteiger partial charge in [-0.05, 0) is 74.0 Å². The van der Waals surface area contributed by atoms with Crippen LogP contribution in [0.5, 0.6) is 0 Å².